The molecule has 1 aliphatic heterocycles. The van der Waals surface area contributed by atoms with Crippen LogP contribution in [0.25, 0.3) is 0 Å². The van der Waals surface area contributed by atoms with Crippen molar-refractivity contribution in [2.24, 2.45) is 0 Å². The van der Waals surface area contributed by atoms with Crippen LogP contribution in [0.1, 0.15) is 6.42 Å². The quantitative estimate of drug-likeness (QED) is 0.844. The van der Waals surface area contributed by atoms with Gasteiger partial charge in [0.25, 0.3) is 0 Å². The van der Waals surface area contributed by atoms with E-state index in [1.54, 1.807) is 0 Å². The predicted molar refractivity (Wildman–Crippen MR) is 62.3 cm³/mol. The number of fused-ring (bicyclic) bond motifs is 1. The number of anilines is 1. The molecule has 92 valence electrons. The Kier molecular flexibility index (Phi) is 3.82. The Morgan fingerprint density at radius 1 is 1.47 bits per heavy atom. The lowest BCUT2D eigenvalue weighted by molar-refractivity contribution is 0.125. The first-order chi connectivity index (χ1) is 8.33. The summed E-state index contributed by atoms with van der Waals surface area (Å²) in [6, 6.07) is 7.36. The topological polar surface area (TPSA) is 59.0 Å². The first-order valence-corrected chi connectivity index (χ1v) is 5.60. The zero-order valence-corrected chi connectivity index (χ0v) is 9.46. The third-order valence-corrected chi connectivity index (χ3v) is 2.48. The second-order valence-electron chi connectivity index (χ2n) is 3.66. The molecular formula is C12H15NO4. The van der Waals surface area contributed by atoms with E-state index in [2.05, 4.69) is 0 Å². The molecule has 1 aromatic carbocycles. The summed E-state index contributed by atoms with van der Waals surface area (Å²) in [7, 11) is 0. The average molecular weight is 237 g/mol. The standard InChI is InChI=1S/C12H15NO4/c14-7-9-17-12(15)13-6-3-8-16-11-5-2-1-4-10(11)13/h1-2,4-5,14H,3,6-9H2. The number of carbonyl (C=O) groups excluding carboxylic acids is 1. The smallest absolute Gasteiger partial charge is 0.414 e. The summed E-state index contributed by atoms with van der Waals surface area (Å²) >= 11 is 0. The van der Waals surface area contributed by atoms with Crippen LogP contribution in [0.15, 0.2) is 24.3 Å². The minimum atomic E-state index is -0.447. The molecule has 1 N–H and O–H groups in total. The number of hydrogen-bond donors (Lipinski definition) is 1. The van der Waals surface area contributed by atoms with Crippen molar-refractivity contribution in [1.29, 1.82) is 0 Å². The summed E-state index contributed by atoms with van der Waals surface area (Å²) in [5.74, 6) is 0.686. The number of aliphatic hydroxyl groups is 1. The molecule has 0 unspecified atom stereocenters. The first-order valence-electron chi connectivity index (χ1n) is 5.60. The normalized spacial score (nSPS) is 14.5. The maximum atomic E-state index is 11.8. The van der Waals surface area contributed by atoms with E-state index in [1.807, 2.05) is 24.3 Å². The Hall–Kier alpha value is -1.75. The van der Waals surface area contributed by atoms with Crippen molar-refractivity contribution in [3.63, 3.8) is 0 Å². The van der Waals surface area contributed by atoms with Gasteiger partial charge >= 0.3 is 6.09 Å². The molecule has 0 aliphatic carbocycles. The van der Waals surface area contributed by atoms with E-state index < -0.39 is 6.09 Å². The maximum absolute atomic E-state index is 11.8. The van der Waals surface area contributed by atoms with Gasteiger partial charge in [0.1, 0.15) is 12.4 Å². The summed E-state index contributed by atoms with van der Waals surface area (Å²) in [4.78, 5) is 13.3. The van der Waals surface area contributed by atoms with E-state index in [4.69, 9.17) is 14.6 Å². The molecule has 1 aliphatic rings. The van der Waals surface area contributed by atoms with Gasteiger partial charge in [-0.05, 0) is 18.6 Å². The van der Waals surface area contributed by atoms with Crippen LogP contribution >= 0.6 is 0 Å². The minimum Gasteiger partial charge on any atom is -0.491 e. The average Bonchev–Trinajstić information content (AvgIpc) is 2.58. The summed E-state index contributed by atoms with van der Waals surface area (Å²) in [6.45, 7) is 0.984. The molecule has 1 amide bonds. The summed E-state index contributed by atoms with van der Waals surface area (Å²) in [5, 5.41) is 8.64. The van der Waals surface area contributed by atoms with E-state index in [1.165, 1.54) is 4.90 Å². The van der Waals surface area contributed by atoms with E-state index in [0.29, 0.717) is 24.6 Å². The molecule has 5 heteroatoms. The molecule has 2 rings (SSSR count). The Balaban J connectivity index is 2.19. The van der Waals surface area contributed by atoms with Gasteiger partial charge in [-0.1, -0.05) is 12.1 Å². The molecule has 0 atom stereocenters. The van der Waals surface area contributed by atoms with Crippen molar-refractivity contribution in [2.75, 3.05) is 31.3 Å². The zero-order chi connectivity index (χ0) is 12.1. The molecule has 17 heavy (non-hydrogen) atoms. The predicted octanol–water partition coefficient (Wildman–Crippen LogP) is 1.40. The number of carbonyl (C=O) groups is 1. The van der Waals surface area contributed by atoms with Crippen LogP contribution in [0.2, 0.25) is 0 Å². The second kappa shape index (κ2) is 5.54. The Labute approximate surface area is 99.6 Å². The van der Waals surface area contributed by atoms with Crippen LogP contribution in [-0.2, 0) is 4.74 Å². The van der Waals surface area contributed by atoms with E-state index in [0.717, 1.165) is 6.42 Å². The molecular weight excluding hydrogens is 222 g/mol. The van der Waals surface area contributed by atoms with Crippen molar-refractivity contribution in [2.45, 2.75) is 6.42 Å². The largest absolute Gasteiger partial charge is 0.491 e. The van der Waals surface area contributed by atoms with Crippen molar-refractivity contribution in [1.82, 2.24) is 0 Å². The van der Waals surface area contributed by atoms with Crippen molar-refractivity contribution >= 4 is 11.8 Å². The highest BCUT2D eigenvalue weighted by atomic mass is 16.6. The number of nitrogens with zero attached hydrogens (tertiary/aromatic N) is 1. The molecule has 0 saturated heterocycles. The van der Waals surface area contributed by atoms with Gasteiger partial charge in [0, 0.05) is 6.54 Å². The fourth-order valence-corrected chi connectivity index (χ4v) is 1.73. The molecule has 0 radical (unpaired) electrons. The molecule has 0 spiro atoms. The van der Waals surface area contributed by atoms with Crippen LogP contribution in [0.3, 0.4) is 0 Å². The monoisotopic (exact) mass is 237 g/mol. The molecule has 0 fully saturated rings. The highest BCUT2D eigenvalue weighted by Gasteiger charge is 2.22. The number of rotatable bonds is 2. The number of ether oxygens (including phenoxy) is 2. The van der Waals surface area contributed by atoms with Gasteiger partial charge in [-0.15, -0.1) is 0 Å². The third kappa shape index (κ3) is 2.68. The van der Waals surface area contributed by atoms with Crippen molar-refractivity contribution in [3.8, 4) is 5.75 Å². The molecule has 0 saturated carbocycles. The molecule has 0 bridgehead atoms. The highest BCUT2D eigenvalue weighted by molar-refractivity contribution is 5.89. The van der Waals surface area contributed by atoms with Crippen LogP contribution in [0, 0.1) is 0 Å². The first kappa shape index (κ1) is 11.7. The molecule has 1 aromatic rings. The van der Waals surface area contributed by atoms with E-state index in [9.17, 15) is 4.79 Å². The Morgan fingerprint density at radius 3 is 3.12 bits per heavy atom. The van der Waals surface area contributed by atoms with Gasteiger partial charge in [-0.2, -0.15) is 0 Å². The lowest BCUT2D eigenvalue weighted by Crippen LogP contribution is -2.32. The lowest BCUT2D eigenvalue weighted by atomic mass is 10.2. The van der Waals surface area contributed by atoms with E-state index in [-0.39, 0.29) is 13.2 Å². The molecule has 1 heterocycles. The molecule has 5 nitrogen and oxygen atoms in total. The summed E-state index contributed by atoms with van der Waals surface area (Å²) < 4.78 is 10.5. The fourth-order valence-electron chi connectivity index (χ4n) is 1.73. The number of aliphatic hydroxyl groups excluding tert-OH is 1. The SMILES string of the molecule is O=C(OCCO)N1CCCOc2ccccc21. The number of benzene rings is 1. The summed E-state index contributed by atoms with van der Waals surface area (Å²) in [6.07, 6.45) is 0.306. The number of hydrogen-bond acceptors (Lipinski definition) is 4. The molecule has 0 aromatic heterocycles. The fraction of sp³-hybridized carbons (Fsp3) is 0.417. The summed E-state index contributed by atoms with van der Waals surface area (Å²) in [5.41, 5.74) is 0.716. The maximum Gasteiger partial charge on any atom is 0.414 e. The highest BCUT2D eigenvalue weighted by Crippen LogP contribution is 2.30. The van der Waals surface area contributed by atoms with Gasteiger partial charge in [0.15, 0.2) is 0 Å². The van der Waals surface area contributed by atoms with Crippen LogP contribution in [0.4, 0.5) is 10.5 Å². The third-order valence-electron chi connectivity index (χ3n) is 2.48. The number of amides is 1. The van der Waals surface area contributed by atoms with Gasteiger partial charge in [-0.3, -0.25) is 4.90 Å². The Morgan fingerprint density at radius 2 is 2.29 bits per heavy atom. The number of para-hydroxylation sites is 2. The van der Waals surface area contributed by atoms with Crippen LogP contribution < -0.4 is 9.64 Å². The second-order valence-corrected chi connectivity index (χ2v) is 3.66. The Bertz CT molecular complexity index is 394. The van der Waals surface area contributed by atoms with E-state index >= 15 is 0 Å². The van der Waals surface area contributed by atoms with Crippen molar-refractivity contribution in [3.05, 3.63) is 24.3 Å². The minimum absolute atomic E-state index is 0.0123. The van der Waals surface area contributed by atoms with Gasteiger partial charge in [0.2, 0.25) is 0 Å². The van der Waals surface area contributed by atoms with Gasteiger partial charge < -0.3 is 14.6 Å². The van der Waals surface area contributed by atoms with Gasteiger partial charge in [-0.25, -0.2) is 4.79 Å². The lowest BCUT2D eigenvalue weighted by Gasteiger charge is -2.20. The van der Waals surface area contributed by atoms with Crippen LogP contribution in [-0.4, -0.2) is 37.6 Å². The zero-order valence-electron chi connectivity index (χ0n) is 9.46. The van der Waals surface area contributed by atoms with Crippen LogP contribution in [0.5, 0.6) is 5.75 Å². The van der Waals surface area contributed by atoms with Crippen molar-refractivity contribution < 1.29 is 19.4 Å². The van der Waals surface area contributed by atoms with Gasteiger partial charge in [0.05, 0.1) is 18.9 Å².